The van der Waals surface area contributed by atoms with Gasteiger partial charge in [-0.1, -0.05) is 24.3 Å². The third-order valence-electron chi connectivity index (χ3n) is 2.20. The number of alkyl halides is 3. The monoisotopic (exact) mass is 291 g/mol. The van der Waals surface area contributed by atoms with E-state index in [0.29, 0.717) is 13.2 Å². The highest BCUT2D eigenvalue weighted by atomic mass is 28.3. The van der Waals surface area contributed by atoms with Crippen LogP contribution >= 0.6 is 0 Å². The van der Waals surface area contributed by atoms with E-state index in [1.807, 2.05) is 0 Å². The van der Waals surface area contributed by atoms with Gasteiger partial charge in [0.15, 0.2) is 0 Å². The van der Waals surface area contributed by atoms with Gasteiger partial charge in [-0.3, -0.25) is 4.79 Å². The van der Waals surface area contributed by atoms with Crippen molar-refractivity contribution in [1.29, 1.82) is 0 Å². The molecule has 0 N–H and O–H groups in total. The average Bonchev–Trinajstić information content (AvgIpc) is 2.36. The lowest BCUT2D eigenvalue weighted by Crippen LogP contribution is -2.42. The van der Waals surface area contributed by atoms with Crippen molar-refractivity contribution in [3.05, 3.63) is 29.8 Å². The minimum absolute atomic E-state index is 0.193. The van der Waals surface area contributed by atoms with Crippen LogP contribution in [0, 0.1) is 0 Å². The standard InChI is InChI=1S/C12H14F3O3Si/c1-3-17-19(18-4-2)10-8-6-5-7-9(10)11(16)12(13,14)15/h5-8H,3-4H2,1-2H3. The fourth-order valence-electron chi connectivity index (χ4n) is 1.47. The predicted octanol–water partition coefficient (Wildman–Crippen LogP) is 2.20. The van der Waals surface area contributed by atoms with Gasteiger partial charge in [-0.25, -0.2) is 0 Å². The van der Waals surface area contributed by atoms with Gasteiger partial charge in [0.1, 0.15) is 0 Å². The zero-order valence-corrected chi connectivity index (χ0v) is 11.6. The fourth-order valence-corrected chi connectivity index (χ4v) is 3.04. The van der Waals surface area contributed by atoms with Crippen molar-refractivity contribution in [1.82, 2.24) is 0 Å². The minimum atomic E-state index is -4.90. The van der Waals surface area contributed by atoms with Crippen LogP contribution in [0.1, 0.15) is 24.2 Å². The quantitative estimate of drug-likeness (QED) is 0.595. The summed E-state index contributed by atoms with van der Waals surface area (Å²) in [6.07, 6.45) is -4.90. The molecule has 0 saturated carbocycles. The first kappa shape index (κ1) is 15.9. The van der Waals surface area contributed by atoms with Gasteiger partial charge in [0.25, 0.3) is 5.78 Å². The van der Waals surface area contributed by atoms with E-state index in [2.05, 4.69) is 0 Å². The molecular formula is C12H14F3O3Si. The van der Waals surface area contributed by atoms with Crippen molar-refractivity contribution in [2.75, 3.05) is 13.2 Å². The number of ketones is 1. The Balaban J connectivity index is 3.16. The number of carbonyl (C=O) groups is 1. The van der Waals surface area contributed by atoms with E-state index in [9.17, 15) is 18.0 Å². The minimum Gasteiger partial charge on any atom is -0.390 e. The van der Waals surface area contributed by atoms with E-state index >= 15 is 0 Å². The van der Waals surface area contributed by atoms with Gasteiger partial charge < -0.3 is 8.85 Å². The summed E-state index contributed by atoms with van der Waals surface area (Å²) in [6.45, 7) is 4.06. The molecule has 0 aliphatic rings. The maximum absolute atomic E-state index is 12.5. The number of hydrogen-bond acceptors (Lipinski definition) is 3. The molecule has 0 fully saturated rings. The lowest BCUT2D eigenvalue weighted by molar-refractivity contribution is -0.0884. The summed E-state index contributed by atoms with van der Waals surface area (Å²) < 4.78 is 48.3. The van der Waals surface area contributed by atoms with Crippen molar-refractivity contribution in [2.24, 2.45) is 0 Å². The maximum Gasteiger partial charge on any atom is 0.454 e. The molecule has 3 nitrogen and oxygen atoms in total. The maximum atomic E-state index is 12.5. The first-order valence-electron chi connectivity index (χ1n) is 5.75. The van der Waals surface area contributed by atoms with Gasteiger partial charge in [-0.2, -0.15) is 13.2 Å². The van der Waals surface area contributed by atoms with Crippen LogP contribution in [0.15, 0.2) is 24.3 Å². The van der Waals surface area contributed by atoms with Gasteiger partial charge in [0, 0.05) is 24.0 Å². The molecule has 0 spiro atoms. The first-order valence-corrected chi connectivity index (χ1v) is 7.06. The van der Waals surface area contributed by atoms with Gasteiger partial charge in [0.2, 0.25) is 0 Å². The zero-order chi connectivity index (χ0) is 14.5. The molecule has 1 rings (SSSR count). The highest BCUT2D eigenvalue weighted by molar-refractivity contribution is 6.63. The predicted molar refractivity (Wildman–Crippen MR) is 65.5 cm³/mol. The number of rotatable bonds is 6. The van der Waals surface area contributed by atoms with E-state index in [0.717, 1.165) is 6.07 Å². The second-order valence-electron chi connectivity index (χ2n) is 3.53. The Kier molecular flexibility index (Phi) is 5.71. The number of benzene rings is 1. The molecular weight excluding hydrogens is 277 g/mol. The third kappa shape index (κ3) is 4.15. The van der Waals surface area contributed by atoms with Gasteiger partial charge in [-0.15, -0.1) is 0 Å². The summed E-state index contributed by atoms with van der Waals surface area (Å²) in [5, 5.41) is 0.193. The van der Waals surface area contributed by atoms with E-state index in [1.54, 1.807) is 19.9 Å². The molecule has 0 bridgehead atoms. The topological polar surface area (TPSA) is 35.5 Å². The lowest BCUT2D eigenvalue weighted by atomic mass is 10.1. The smallest absolute Gasteiger partial charge is 0.390 e. The molecule has 0 amide bonds. The van der Waals surface area contributed by atoms with E-state index < -0.39 is 26.8 Å². The van der Waals surface area contributed by atoms with Crippen molar-refractivity contribution in [2.45, 2.75) is 20.0 Å². The molecule has 0 atom stereocenters. The first-order chi connectivity index (χ1) is 8.91. The molecule has 105 valence electrons. The highest BCUT2D eigenvalue weighted by Crippen LogP contribution is 2.20. The van der Waals surface area contributed by atoms with Crippen LogP contribution in [0.3, 0.4) is 0 Å². The normalized spacial score (nSPS) is 11.9. The second kappa shape index (κ2) is 6.83. The van der Waals surface area contributed by atoms with Crippen LogP contribution in [0.25, 0.3) is 0 Å². The molecule has 0 aliphatic heterocycles. The van der Waals surface area contributed by atoms with E-state index in [1.165, 1.54) is 12.1 Å². The summed E-state index contributed by atoms with van der Waals surface area (Å²) >= 11 is 0. The summed E-state index contributed by atoms with van der Waals surface area (Å²) in [7, 11) is -2.08. The Morgan fingerprint density at radius 2 is 1.68 bits per heavy atom. The molecule has 0 saturated heterocycles. The molecule has 1 aromatic carbocycles. The fraction of sp³-hybridized carbons (Fsp3) is 0.417. The summed E-state index contributed by atoms with van der Waals surface area (Å²) in [6, 6.07) is 5.54. The van der Waals surface area contributed by atoms with Crippen LogP contribution in [-0.4, -0.2) is 34.5 Å². The Morgan fingerprint density at radius 3 is 2.16 bits per heavy atom. The Hall–Kier alpha value is -1.18. The number of Topliss-reactive ketones (excluding diaryl/α,β-unsaturated/α-hetero) is 1. The van der Waals surface area contributed by atoms with E-state index in [-0.39, 0.29) is 5.19 Å². The molecule has 0 aromatic heterocycles. The number of hydrogen-bond donors (Lipinski definition) is 0. The van der Waals surface area contributed by atoms with Gasteiger partial charge >= 0.3 is 15.5 Å². The van der Waals surface area contributed by atoms with Crippen LogP contribution in [0.2, 0.25) is 0 Å². The van der Waals surface area contributed by atoms with Crippen LogP contribution in [0.4, 0.5) is 13.2 Å². The summed E-state index contributed by atoms with van der Waals surface area (Å²) in [5.41, 5.74) is -0.397. The van der Waals surface area contributed by atoms with Crippen molar-refractivity contribution >= 4 is 20.3 Å². The SMILES string of the molecule is CCO[Si](OCC)c1ccccc1C(=O)C(F)(F)F. The number of halogens is 3. The third-order valence-corrected chi connectivity index (χ3v) is 4.18. The van der Waals surface area contributed by atoms with Crippen molar-refractivity contribution < 1.29 is 26.8 Å². The van der Waals surface area contributed by atoms with Crippen molar-refractivity contribution in [3.8, 4) is 0 Å². The van der Waals surface area contributed by atoms with Crippen LogP contribution in [-0.2, 0) is 8.85 Å². The van der Waals surface area contributed by atoms with Gasteiger partial charge in [-0.05, 0) is 13.8 Å². The average molecular weight is 291 g/mol. The molecule has 19 heavy (non-hydrogen) atoms. The molecule has 1 radical (unpaired) electrons. The van der Waals surface area contributed by atoms with Crippen LogP contribution in [0.5, 0.6) is 0 Å². The Morgan fingerprint density at radius 1 is 1.16 bits per heavy atom. The largest absolute Gasteiger partial charge is 0.454 e. The molecule has 0 unspecified atom stereocenters. The molecule has 7 heteroatoms. The highest BCUT2D eigenvalue weighted by Gasteiger charge is 2.41. The number of carbonyl (C=O) groups excluding carboxylic acids is 1. The molecule has 1 aromatic rings. The Bertz CT molecular complexity index is 428. The van der Waals surface area contributed by atoms with Crippen LogP contribution < -0.4 is 5.19 Å². The Labute approximate surface area is 111 Å². The molecule has 0 heterocycles. The van der Waals surface area contributed by atoms with Gasteiger partial charge in [0.05, 0.1) is 0 Å². The van der Waals surface area contributed by atoms with E-state index in [4.69, 9.17) is 8.85 Å². The second-order valence-corrected chi connectivity index (χ2v) is 5.22. The van der Waals surface area contributed by atoms with Crippen molar-refractivity contribution in [3.63, 3.8) is 0 Å². The summed E-state index contributed by atoms with van der Waals surface area (Å²) in [4.78, 5) is 11.4. The molecule has 0 aliphatic carbocycles. The zero-order valence-electron chi connectivity index (χ0n) is 10.6. The summed E-state index contributed by atoms with van der Waals surface area (Å²) in [5.74, 6) is -1.87. The lowest BCUT2D eigenvalue weighted by Gasteiger charge is -2.16.